The molecule has 1 aliphatic heterocycles. The Labute approximate surface area is 213 Å². The van der Waals surface area contributed by atoms with E-state index in [0.29, 0.717) is 16.9 Å². The molecule has 7 atom stereocenters. The summed E-state index contributed by atoms with van der Waals surface area (Å²) < 4.78 is 37.6. The van der Waals surface area contributed by atoms with Gasteiger partial charge in [0.05, 0.1) is 24.7 Å². The molecule has 5 unspecified atom stereocenters. The molecule has 13 nitrogen and oxygen atoms in total. The van der Waals surface area contributed by atoms with E-state index in [-0.39, 0.29) is 12.4 Å². The lowest BCUT2D eigenvalue weighted by Crippen LogP contribution is -2.41. The summed E-state index contributed by atoms with van der Waals surface area (Å²) in [5.41, 5.74) is 7.11. The second kappa shape index (κ2) is 11.1. The quantitative estimate of drug-likeness (QED) is 0.219. The largest absolute Gasteiger partial charge is 0.465 e. The maximum absolute atomic E-state index is 13.8. The molecule has 1 aromatic carbocycles. The van der Waals surface area contributed by atoms with Gasteiger partial charge in [0.1, 0.15) is 35.6 Å². The Morgan fingerprint density at radius 2 is 1.95 bits per heavy atom. The van der Waals surface area contributed by atoms with Gasteiger partial charge in [0.25, 0.3) is 0 Å². The van der Waals surface area contributed by atoms with Crippen molar-refractivity contribution < 1.29 is 38.1 Å². The van der Waals surface area contributed by atoms with Crippen molar-refractivity contribution in [3.05, 3.63) is 48.9 Å². The number of hydrogen-bond donors (Lipinski definition) is 4. The number of esters is 1. The summed E-state index contributed by atoms with van der Waals surface area (Å²) >= 11 is 0. The van der Waals surface area contributed by atoms with Crippen molar-refractivity contribution in [3.63, 3.8) is 0 Å². The predicted molar refractivity (Wildman–Crippen MR) is 132 cm³/mol. The molecular formula is C23H30N5O8P. The predicted octanol–water partition coefficient (Wildman–Crippen LogP) is 1.77. The highest BCUT2D eigenvalue weighted by Crippen LogP contribution is 2.48. The fourth-order valence-electron chi connectivity index (χ4n) is 3.98. The van der Waals surface area contributed by atoms with E-state index in [1.54, 1.807) is 43.3 Å². The average Bonchev–Trinajstić information content (AvgIpc) is 3.41. The van der Waals surface area contributed by atoms with E-state index in [1.807, 2.05) is 0 Å². The Morgan fingerprint density at radius 1 is 1.22 bits per heavy atom. The van der Waals surface area contributed by atoms with Gasteiger partial charge in [-0.3, -0.25) is 13.9 Å². The van der Waals surface area contributed by atoms with E-state index in [0.717, 1.165) is 0 Å². The zero-order valence-electron chi connectivity index (χ0n) is 20.5. The minimum atomic E-state index is -4.23. The van der Waals surface area contributed by atoms with E-state index in [9.17, 15) is 19.6 Å². The van der Waals surface area contributed by atoms with E-state index in [1.165, 1.54) is 30.9 Å². The molecule has 0 aliphatic carbocycles. The maximum atomic E-state index is 13.8. The van der Waals surface area contributed by atoms with Gasteiger partial charge in [0.2, 0.25) is 0 Å². The van der Waals surface area contributed by atoms with Gasteiger partial charge in [0, 0.05) is 6.20 Å². The van der Waals surface area contributed by atoms with Crippen LogP contribution in [0.4, 0.5) is 5.69 Å². The highest BCUT2D eigenvalue weighted by molar-refractivity contribution is 7.52. The maximum Gasteiger partial charge on any atom is 0.459 e. The molecule has 1 saturated heterocycles. The third-order valence-corrected chi connectivity index (χ3v) is 7.53. The van der Waals surface area contributed by atoms with Crippen molar-refractivity contribution in [2.24, 2.45) is 0 Å². The van der Waals surface area contributed by atoms with Gasteiger partial charge < -0.3 is 29.9 Å². The van der Waals surface area contributed by atoms with E-state index in [4.69, 9.17) is 24.3 Å². The van der Waals surface area contributed by atoms with Crippen LogP contribution in [0.15, 0.2) is 48.9 Å². The number of aromatic nitrogens is 3. The lowest BCUT2D eigenvalue weighted by Gasteiger charge is -2.28. The van der Waals surface area contributed by atoms with Crippen LogP contribution >= 0.6 is 7.75 Å². The van der Waals surface area contributed by atoms with Crippen LogP contribution in [-0.2, 0) is 23.4 Å². The van der Waals surface area contributed by atoms with Crippen LogP contribution in [0.2, 0.25) is 0 Å². The van der Waals surface area contributed by atoms with E-state index < -0.39 is 50.4 Å². The number of anilines is 1. The van der Waals surface area contributed by atoms with Gasteiger partial charge in [-0.1, -0.05) is 18.2 Å². The number of ether oxygens (including phenoxy) is 2. The zero-order chi connectivity index (χ0) is 26.7. The molecule has 0 spiro atoms. The monoisotopic (exact) mass is 535 g/mol. The topological polar surface area (TPSA) is 180 Å². The standard InChI is InChI=1S/C23H30N5O8P/c1-4-33-23(31)13(2)27-37(32,36-15-8-6-5-7-9-15)35-14(3)20-18(29)19(30)22(34-20)28-12-26-17-16(24)10-11-25-21(17)28/h5-14,18-20,22,29-30H,4H2,1-3H3,(H2,24,25)(H,27,32)/t13?,14?,18?,19?,20-,22-,37?/m1/s1. The fraction of sp³-hybridized carbons (Fsp3) is 0.435. The molecule has 0 saturated carbocycles. The second-order valence-corrected chi connectivity index (χ2v) is 10.2. The lowest BCUT2D eigenvalue weighted by atomic mass is 10.1. The Bertz CT molecular complexity index is 1270. The number of nitrogens with two attached hydrogens (primary N) is 1. The van der Waals surface area contributed by atoms with Crippen LogP contribution in [0.25, 0.3) is 11.2 Å². The van der Waals surface area contributed by atoms with Crippen molar-refractivity contribution in [2.75, 3.05) is 12.3 Å². The van der Waals surface area contributed by atoms with Gasteiger partial charge in [-0.05, 0) is 39.0 Å². The van der Waals surface area contributed by atoms with Crippen molar-refractivity contribution in [1.29, 1.82) is 0 Å². The molecule has 5 N–H and O–H groups in total. The summed E-state index contributed by atoms with van der Waals surface area (Å²) in [5, 5.41) is 24.1. The number of carbonyl (C=O) groups is 1. The molecule has 0 bridgehead atoms. The third kappa shape index (κ3) is 5.77. The number of fused-ring (bicyclic) bond motifs is 1. The highest BCUT2D eigenvalue weighted by Gasteiger charge is 2.49. The Balaban J connectivity index is 1.55. The first-order valence-electron chi connectivity index (χ1n) is 11.7. The summed E-state index contributed by atoms with van der Waals surface area (Å²) in [6.07, 6.45) is -3.21. The minimum Gasteiger partial charge on any atom is -0.465 e. The Kier molecular flexibility index (Phi) is 8.12. The van der Waals surface area contributed by atoms with E-state index in [2.05, 4.69) is 15.1 Å². The van der Waals surface area contributed by atoms with Gasteiger partial charge >= 0.3 is 13.7 Å². The first-order chi connectivity index (χ1) is 17.6. The second-order valence-electron chi connectivity index (χ2n) is 8.51. The molecule has 1 fully saturated rings. The number of aliphatic hydroxyl groups is 2. The number of para-hydroxylation sites is 1. The number of rotatable bonds is 10. The SMILES string of the molecule is CCOC(=O)C(C)NP(=O)(Oc1ccccc1)OC(C)[C@H]1O[C@@H](n2cnc3c(N)ccnc32)C(O)C1O. The molecule has 1 aliphatic rings. The van der Waals surface area contributed by atoms with Gasteiger partial charge in [-0.2, -0.15) is 5.09 Å². The van der Waals surface area contributed by atoms with Crippen molar-refractivity contribution in [3.8, 4) is 5.75 Å². The van der Waals surface area contributed by atoms with Crippen LogP contribution in [0.5, 0.6) is 5.75 Å². The number of imidazole rings is 1. The molecule has 4 rings (SSSR count). The average molecular weight is 535 g/mol. The van der Waals surface area contributed by atoms with Crippen molar-refractivity contribution in [1.82, 2.24) is 19.6 Å². The molecule has 14 heteroatoms. The number of pyridine rings is 1. The first kappa shape index (κ1) is 27.0. The Morgan fingerprint density at radius 3 is 2.65 bits per heavy atom. The molecule has 3 aromatic rings. The number of nitrogens with one attached hydrogen (secondary N) is 1. The number of hydrogen-bond acceptors (Lipinski definition) is 11. The summed E-state index contributed by atoms with van der Waals surface area (Å²) in [6, 6.07) is 8.80. The molecular weight excluding hydrogens is 505 g/mol. The number of benzene rings is 1. The Hall–Kier alpha value is -3.06. The number of nitrogens with zero attached hydrogens (tertiary/aromatic N) is 3. The number of aliphatic hydroxyl groups excluding tert-OH is 2. The van der Waals surface area contributed by atoms with Gasteiger partial charge in [-0.25, -0.2) is 14.5 Å². The normalized spacial score (nSPS) is 24.9. The molecule has 0 amide bonds. The highest BCUT2D eigenvalue weighted by atomic mass is 31.2. The lowest BCUT2D eigenvalue weighted by molar-refractivity contribution is -0.144. The zero-order valence-corrected chi connectivity index (χ0v) is 21.4. The van der Waals surface area contributed by atoms with Crippen molar-refractivity contribution >= 4 is 30.6 Å². The van der Waals surface area contributed by atoms with Gasteiger partial charge in [-0.15, -0.1) is 0 Å². The molecule has 2 aromatic heterocycles. The van der Waals surface area contributed by atoms with Crippen LogP contribution < -0.4 is 15.3 Å². The number of carbonyl (C=O) groups excluding carboxylic acids is 1. The summed E-state index contributed by atoms with van der Waals surface area (Å²) in [4.78, 5) is 20.6. The summed E-state index contributed by atoms with van der Waals surface area (Å²) in [7, 11) is -4.23. The smallest absolute Gasteiger partial charge is 0.459 e. The van der Waals surface area contributed by atoms with E-state index >= 15 is 0 Å². The molecule has 37 heavy (non-hydrogen) atoms. The number of nitrogen functional groups attached to an aromatic ring is 1. The summed E-state index contributed by atoms with van der Waals surface area (Å²) in [5.74, 6) is -0.428. The molecule has 0 radical (unpaired) electrons. The van der Waals surface area contributed by atoms with Crippen LogP contribution in [0.1, 0.15) is 27.0 Å². The molecule has 200 valence electrons. The first-order valence-corrected chi connectivity index (χ1v) is 13.2. The van der Waals surface area contributed by atoms with Crippen LogP contribution in [0.3, 0.4) is 0 Å². The van der Waals surface area contributed by atoms with Crippen LogP contribution in [-0.4, -0.2) is 67.8 Å². The molecule has 3 heterocycles. The van der Waals surface area contributed by atoms with Crippen LogP contribution in [0, 0.1) is 0 Å². The minimum absolute atomic E-state index is 0.136. The van der Waals surface area contributed by atoms with Crippen molar-refractivity contribution in [2.45, 2.75) is 57.5 Å². The fourth-order valence-corrected chi connectivity index (χ4v) is 5.67. The third-order valence-electron chi connectivity index (χ3n) is 5.77. The van der Waals surface area contributed by atoms with Gasteiger partial charge in [0.15, 0.2) is 11.9 Å². The summed E-state index contributed by atoms with van der Waals surface area (Å²) in [6.45, 7) is 4.74.